The Morgan fingerprint density at radius 3 is 2.79 bits per heavy atom. The summed E-state index contributed by atoms with van der Waals surface area (Å²) in [6, 6.07) is 5.79. The van der Waals surface area contributed by atoms with Gasteiger partial charge in [-0.1, -0.05) is 19.4 Å². The van der Waals surface area contributed by atoms with Crippen molar-refractivity contribution in [3.8, 4) is 5.75 Å². The summed E-state index contributed by atoms with van der Waals surface area (Å²) in [6.45, 7) is 9.65. The van der Waals surface area contributed by atoms with E-state index in [1.165, 1.54) is 30.5 Å². The van der Waals surface area contributed by atoms with Gasteiger partial charge in [-0.25, -0.2) is 4.79 Å². The summed E-state index contributed by atoms with van der Waals surface area (Å²) < 4.78 is 0. The Hall–Kier alpha value is -1.75. The highest BCUT2D eigenvalue weighted by atomic mass is 16.3. The Morgan fingerprint density at radius 2 is 2.14 bits per heavy atom. The molecule has 1 aromatic carbocycles. The fourth-order valence-corrected chi connectivity index (χ4v) is 5.50. The molecule has 0 radical (unpaired) electrons. The van der Waals surface area contributed by atoms with Crippen molar-refractivity contribution in [1.82, 2.24) is 10.2 Å². The average molecular weight is 388 g/mol. The number of carbonyl (C=O) groups excluding carboxylic acids is 1. The lowest BCUT2D eigenvalue weighted by Gasteiger charge is -2.53. The van der Waals surface area contributed by atoms with Crippen LogP contribution in [-0.4, -0.2) is 41.7 Å². The molecule has 5 heteroatoms. The first kappa shape index (κ1) is 21.0. The van der Waals surface area contributed by atoms with Gasteiger partial charge >= 0.3 is 6.03 Å². The lowest BCUT2D eigenvalue weighted by atomic mass is 9.59. The minimum Gasteiger partial charge on any atom is -0.508 e. The maximum Gasteiger partial charge on any atom is 0.312 e. The Bertz CT molecular complexity index is 688. The molecule has 1 heterocycles. The molecule has 3 unspecified atom stereocenters. The van der Waals surface area contributed by atoms with E-state index in [4.69, 9.17) is 5.73 Å². The number of nitrogens with one attached hydrogen (secondary N) is 1. The summed E-state index contributed by atoms with van der Waals surface area (Å²) in [5.41, 5.74) is 7.76. The largest absolute Gasteiger partial charge is 0.508 e. The zero-order chi connectivity index (χ0) is 20.3. The van der Waals surface area contributed by atoms with Gasteiger partial charge in [0.25, 0.3) is 0 Å². The Balaban J connectivity index is 1.97. The topological polar surface area (TPSA) is 78.6 Å². The molecular formula is C23H37N3O2. The smallest absolute Gasteiger partial charge is 0.312 e. The number of likely N-dealkylation sites (tertiary alicyclic amines) is 1. The van der Waals surface area contributed by atoms with Crippen LogP contribution in [0.1, 0.15) is 63.5 Å². The molecule has 156 valence electrons. The number of aromatic hydroxyl groups is 1. The number of rotatable bonds is 8. The number of piperidine rings is 1. The molecule has 1 saturated carbocycles. The molecule has 3 rings (SSSR count). The van der Waals surface area contributed by atoms with Crippen molar-refractivity contribution in [1.29, 1.82) is 0 Å². The van der Waals surface area contributed by atoms with Gasteiger partial charge in [0.05, 0.1) is 0 Å². The number of phenolic OH excluding ortho intramolecular Hbond substituents is 1. The third kappa shape index (κ3) is 4.45. The third-order valence-corrected chi connectivity index (χ3v) is 7.13. The normalized spacial score (nSPS) is 28.2. The molecule has 0 spiro atoms. The summed E-state index contributed by atoms with van der Waals surface area (Å²) >= 11 is 0. The van der Waals surface area contributed by atoms with Crippen molar-refractivity contribution in [2.75, 3.05) is 19.6 Å². The highest BCUT2D eigenvalue weighted by Gasteiger charge is 2.48. The monoisotopic (exact) mass is 387 g/mol. The quantitative estimate of drug-likeness (QED) is 0.633. The van der Waals surface area contributed by atoms with E-state index >= 15 is 0 Å². The van der Waals surface area contributed by atoms with Gasteiger partial charge in [0.15, 0.2) is 0 Å². The van der Waals surface area contributed by atoms with Crippen molar-refractivity contribution in [3.05, 3.63) is 29.3 Å². The number of phenols is 1. The molecular weight excluding hydrogens is 350 g/mol. The number of amides is 2. The van der Waals surface area contributed by atoms with Gasteiger partial charge in [0, 0.05) is 24.5 Å². The summed E-state index contributed by atoms with van der Waals surface area (Å²) in [7, 11) is 0. The van der Waals surface area contributed by atoms with Crippen molar-refractivity contribution >= 4 is 6.03 Å². The van der Waals surface area contributed by atoms with Crippen LogP contribution in [0.4, 0.5) is 4.79 Å². The second-order valence-corrected chi connectivity index (χ2v) is 9.02. The Labute approximate surface area is 169 Å². The number of nitrogens with zero attached hydrogens (tertiary/aromatic N) is 1. The number of urea groups is 1. The van der Waals surface area contributed by atoms with Crippen LogP contribution in [0, 0.1) is 18.8 Å². The second-order valence-electron chi connectivity index (χ2n) is 9.02. The fourth-order valence-electron chi connectivity index (χ4n) is 5.50. The number of benzene rings is 1. The molecule has 2 aliphatic rings. The van der Waals surface area contributed by atoms with Crippen molar-refractivity contribution in [2.45, 2.75) is 70.8 Å². The van der Waals surface area contributed by atoms with Crippen LogP contribution in [-0.2, 0) is 5.41 Å². The van der Waals surface area contributed by atoms with Crippen LogP contribution in [0.2, 0.25) is 0 Å². The summed E-state index contributed by atoms with van der Waals surface area (Å²) in [5, 5.41) is 13.1. The average Bonchev–Trinajstić information content (AvgIpc) is 3.46. The molecule has 1 saturated heterocycles. The SMILES string of the molecule is CCCC1C(C)N(CC2CC2)CCC1(CCNC(N)=O)c1cc(O)ccc1C. The summed E-state index contributed by atoms with van der Waals surface area (Å²) in [5.74, 6) is 1.70. The molecule has 1 aliphatic heterocycles. The third-order valence-electron chi connectivity index (χ3n) is 7.13. The molecule has 0 aromatic heterocycles. The lowest BCUT2D eigenvalue weighted by molar-refractivity contribution is 0.0221. The van der Waals surface area contributed by atoms with Crippen molar-refractivity contribution in [3.63, 3.8) is 0 Å². The first-order chi connectivity index (χ1) is 13.4. The lowest BCUT2D eigenvalue weighted by Crippen LogP contribution is -2.56. The van der Waals surface area contributed by atoms with Crippen molar-refractivity contribution < 1.29 is 9.90 Å². The van der Waals surface area contributed by atoms with E-state index in [0.29, 0.717) is 24.3 Å². The molecule has 5 nitrogen and oxygen atoms in total. The highest BCUT2D eigenvalue weighted by molar-refractivity contribution is 5.71. The summed E-state index contributed by atoms with van der Waals surface area (Å²) in [4.78, 5) is 14.0. The Kier molecular flexibility index (Phi) is 6.54. The predicted octanol–water partition coefficient (Wildman–Crippen LogP) is 3.92. The van der Waals surface area contributed by atoms with E-state index in [2.05, 4.69) is 31.0 Å². The van der Waals surface area contributed by atoms with Gasteiger partial charge in [0.2, 0.25) is 0 Å². The van der Waals surface area contributed by atoms with Crippen LogP contribution in [0.3, 0.4) is 0 Å². The second kappa shape index (κ2) is 8.73. The first-order valence-corrected chi connectivity index (χ1v) is 10.9. The standard InChI is InChI=1S/C23H37N3O2/c1-4-5-20-17(3)26(15-18-7-8-18)13-11-23(20,10-12-25-22(24)28)21-14-19(27)9-6-16(21)2/h6,9,14,17-18,20,27H,4-5,7-8,10-13,15H2,1-3H3,(H3,24,25,28). The van der Waals surface area contributed by atoms with Crippen LogP contribution in [0.15, 0.2) is 18.2 Å². The predicted molar refractivity (Wildman–Crippen MR) is 113 cm³/mol. The van der Waals surface area contributed by atoms with E-state index in [1.54, 1.807) is 6.07 Å². The van der Waals surface area contributed by atoms with Gasteiger partial charge in [-0.3, -0.25) is 0 Å². The molecule has 0 bridgehead atoms. The maximum atomic E-state index is 11.3. The maximum absolute atomic E-state index is 11.3. The summed E-state index contributed by atoms with van der Waals surface area (Å²) in [6.07, 6.45) is 6.94. The number of carbonyl (C=O) groups is 1. The highest BCUT2D eigenvalue weighted by Crippen LogP contribution is 2.49. The van der Waals surface area contributed by atoms with Crippen molar-refractivity contribution in [2.24, 2.45) is 17.6 Å². The minimum atomic E-state index is -0.464. The number of hydrogen-bond donors (Lipinski definition) is 3. The Morgan fingerprint density at radius 1 is 1.39 bits per heavy atom. The molecule has 28 heavy (non-hydrogen) atoms. The number of aryl methyl sites for hydroxylation is 1. The molecule has 2 fully saturated rings. The van der Waals surface area contributed by atoms with Crippen LogP contribution in [0.25, 0.3) is 0 Å². The van der Waals surface area contributed by atoms with E-state index in [9.17, 15) is 9.90 Å². The first-order valence-electron chi connectivity index (χ1n) is 10.9. The van der Waals surface area contributed by atoms with E-state index in [0.717, 1.165) is 38.1 Å². The molecule has 1 aromatic rings. The van der Waals surface area contributed by atoms with Gasteiger partial charge in [0.1, 0.15) is 5.75 Å². The van der Waals surface area contributed by atoms with Gasteiger partial charge in [-0.05, 0) is 87.6 Å². The van der Waals surface area contributed by atoms with Crippen LogP contribution in [0.5, 0.6) is 5.75 Å². The van der Waals surface area contributed by atoms with Gasteiger partial charge < -0.3 is 21.1 Å². The van der Waals surface area contributed by atoms with Crippen LogP contribution >= 0.6 is 0 Å². The van der Waals surface area contributed by atoms with Gasteiger partial charge in [-0.2, -0.15) is 0 Å². The fraction of sp³-hybridized carbons (Fsp3) is 0.696. The minimum absolute atomic E-state index is 0.0548. The van der Waals surface area contributed by atoms with E-state index < -0.39 is 6.03 Å². The number of nitrogens with two attached hydrogens (primary N) is 1. The van der Waals surface area contributed by atoms with Crippen LogP contribution < -0.4 is 11.1 Å². The molecule has 2 amide bonds. The molecule has 1 aliphatic carbocycles. The molecule has 4 N–H and O–H groups in total. The molecule has 3 atom stereocenters. The van der Waals surface area contributed by atoms with E-state index in [-0.39, 0.29) is 5.41 Å². The van der Waals surface area contributed by atoms with E-state index in [1.807, 2.05) is 12.1 Å². The zero-order valence-corrected chi connectivity index (χ0v) is 17.7. The zero-order valence-electron chi connectivity index (χ0n) is 17.7. The number of hydrogen-bond acceptors (Lipinski definition) is 3. The van der Waals surface area contributed by atoms with Gasteiger partial charge in [-0.15, -0.1) is 0 Å². The number of primary amides is 1.